The Bertz CT molecular complexity index is 1740. The Hall–Kier alpha value is -5.23. The first kappa shape index (κ1) is 38.2. The molecule has 0 aliphatic carbocycles. The molecule has 0 fully saturated rings. The van der Waals surface area contributed by atoms with Crippen molar-refractivity contribution in [2.45, 2.75) is 71.9 Å². The summed E-state index contributed by atoms with van der Waals surface area (Å²) in [4.78, 5) is 54.3. The third-order valence-corrected chi connectivity index (χ3v) is 7.30. The number of aromatic nitrogens is 2. The molecule has 1 aromatic heterocycles. The van der Waals surface area contributed by atoms with Crippen LogP contribution in [0.25, 0.3) is 10.8 Å². The Morgan fingerprint density at radius 3 is 2.20 bits per heavy atom. The number of fused-ring (bicyclic) bond motifs is 1. The van der Waals surface area contributed by atoms with Crippen LogP contribution >= 0.6 is 0 Å². The normalized spacial score (nSPS) is 12.6. The highest BCUT2D eigenvalue weighted by molar-refractivity contribution is 5.99. The van der Waals surface area contributed by atoms with E-state index in [0.717, 1.165) is 21.9 Å². The molecule has 49 heavy (non-hydrogen) atoms. The molecule has 12 nitrogen and oxygen atoms in total. The summed E-state index contributed by atoms with van der Waals surface area (Å²) in [7, 11) is 3.34. The lowest BCUT2D eigenvalue weighted by molar-refractivity contribution is -0.131. The second kappa shape index (κ2) is 16.2. The Kier molecular flexibility index (Phi) is 12.7. The molecular formula is C37H48N6O6. The summed E-state index contributed by atoms with van der Waals surface area (Å²) in [5, 5.41) is 14.5. The van der Waals surface area contributed by atoms with Crippen LogP contribution in [-0.2, 0) is 30.5 Å². The zero-order valence-corrected chi connectivity index (χ0v) is 28.4. The van der Waals surface area contributed by atoms with E-state index in [0.29, 0.717) is 5.69 Å². The van der Waals surface area contributed by atoms with Crippen molar-refractivity contribution in [3.05, 3.63) is 96.3 Å². The standard InChI is InChI=1S/C36H44N6O6.CH4/c1-35(2,3)48-34(46)40-36(4,5)33(45)39-29(23-47-22-24-13-9-8-10-14-24)31(43)38-28-20-37-42(21-28)30(32(44)41(6)7)27-18-17-25-15-11-12-16-26(25)19-27;/h8-21,29-30H,22-23H2,1-7H3,(H,38,43)(H,39,45)(H,40,46);1H4/t29-,30?;/m1./s1. The quantitative estimate of drug-likeness (QED) is 0.186. The molecule has 3 aromatic carbocycles. The fourth-order valence-corrected chi connectivity index (χ4v) is 4.81. The van der Waals surface area contributed by atoms with E-state index in [4.69, 9.17) is 9.47 Å². The van der Waals surface area contributed by atoms with Gasteiger partial charge in [-0.1, -0.05) is 74.2 Å². The van der Waals surface area contributed by atoms with E-state index in [1.165, 1.54) is 29.6 Å². The number of hydrogen-bond donors (Lipinski definition) is 3. The minimum Gasteiger partial charge on any atom is -0.444 e. The molecule has 3 N–H and O–H groups in total. The van der Waals surface area contributed by atoms with Crippen molar-refractivity contribution < 1.29 is 28.7 Å². The van der Waals surface area contributed by atoms with E-state index in [-0.39, 0.29) is 26.5 Å². The van der Waals surface area contributed by atoms with Crippen LogP contribution in [0.2, 0.25) is 0 Å². The highest BCUT2D eigenvalue weighted by atomic mass is 16.6. The number of anilines is 1. The second-order valence-corrected chi connectivity index (χ2v) is 13.2. The maximum atomic E-state index is 13.6. The van der Waals surface area contributed by atoms with Crippen molar-refractivity contribution in [2.75, 3.05) is 26.0 Å². The molecule has 262 valence electrons. The number of carbonyl (C=O) groups is 4. The lowest BCUT2D eigenvalue weighted by atomic mass is 10.0. The van der Waals surface area contributed by atoms with E-state index in [1.807, 2.05) is 72.8 Å². The van der Waals surface area contributed by atoms with E-state index in [1.54, 1.807) is 41.1 Å². The van der Waals surface area contributed by atoms with Crippen molar-refractivity contribution in [1.82, 2.24) is 25.3 Å². The van der Waals surface area contributed by atoms with Gasteiger partial charge < -0.3 is 30.3 Å². The minimum atomic E-state index is -1.43. The number of carbonyl (C=O) groups excluding carboxylic acids is 4. The van der Waals surface area contributed by atoms with Gasteiger partial charge in [0.2, 0.25) is 11.8 Å². The lowest BCUT2D eigenvalue weighted by Crippen LogP contribution is -2.59. The van der Waals surface area contributed by atoms with Crippen LogP contribution < -0.4 is 16.0 Å². The molecule has 0 saturated heterocycles. The average molecular weight is 673 g/mol. The molecule has 1 unspecified atom stereocenters. The zero-order valence-electron chi connectivity index (χ0n) is 28.4. The molecule has 4 aromatic rings. The van der Waals surface area contributed by atoms with Gasteiger partial charge in [0, 0.05) is 20.3 Å². The van der Waals surface area contributed by atoms with Crippen molar-refractivity contribution in [3.8, 4) is 0 Å². The van der Waals surface area contributed by atoms with Gasteiger partial charge in [0.05, 0.1) is 25.1 Å². The molecule has 12 heteroatoms. The Morgan fingerprint density at radius 2 is 1.55 bits per heavy atom. The Morgan fingerprint density at radius 1 is 0.898 bits per heavy atom. The molecule has 2 atom stereocenters. The lowest BCUT2D eigenvalue weighted by Gasteiger charge is -2.29. The van der Waals surface area contributed by atoms with E-state index >= 15 is 0 Å². The molecule has 0 saturated carbocycles. The number of hydrogen-bond acceptors (Lipinski definition) is 7. The zero-order chi connectivity index (χ0) is 35.1. The fourth-order valence-electron chi connectivity index (χ4n) is 4.81. The van der Waals surface area contributed by atoms with Gasteiger partial charge in [0.15, 0.2) is 6.04 Å². The van der Waals surface area contributed by atoms with Crippen LogP contribution in [0.5, 0.6) is 0 Å². The topological polar surface area (TPSA) is 144 Å². The van der Waals surface area contributed by atoms with Crippen LogP contribution in [-0.4, -0.2) is 76.4 Å². The maximum Gasteiger partial charge on any atom is 0.408 e. The van der Waals surface area contributed by atoms with Gasteiger partial charge >= 0.3 is 6.09 Å². The largest absolute Gasteiger partial charge is 0.444 e. The van der Waals surface area contributed by atoms with Gasteiger partial charge in [-0.05, 0) is 62.6 Å². The summed E-state index contributed by atoms with van der Waals surface area (Å²) < 4.78 is 12.6. The number of amides is 4. The minimum absolute atomic E-state index is 0. The van der Waals surface area contributed by atoms with Gasteiger partial charge in [-0.2, -0.15) is 5.10 Å². The molecule has 4 rings (SSSR count). The third-order valence-electron chi connectivity index (χ3n) is 7.30. The predicted octanol–water partition coefficient (Wildman–Crippen LogP) is 5.29. The monoisotopic (exact) mass is 672 g/mol. The first-order valence-electron chi connectivity index (χ1n) is 15.6. The summed E-state index contributed by atoms with van der Waals surface area (Å²) in [5.41, 5.74) is -0.260. The van der Waals surface area contributed by atoms with Gasteiger partial charge in [-0.15, -0.1) is 0 Å². The number of ether oxygens (including phenoxy) is 2. The molecule has 1 heterocycles. The average Bonchev–Trinajstić information content (AvgIpc) is 3.47. The molecule has 0 aliphatic heterocycles. The highest BCUT2D eigenvalue weighted by Gasteiger charge is 2.35. The van der Waals surface area contributed by atoms with Crippen molar-refractivity contribution >= 4 is 40.3 Å². The van der Waals surface area contributed by atoms with E-state index in [9.17, 15) is 19.2 Å². The molecule has 0 radical (unpaired) electrons. The summed E-state index contributed by atoms with van der Waals surface area (Å²) >= 11 is 0. The number of nitrogens with one attached hydrogen (secondary N) is 3. The number of alkyl carbamates (subject to hydrolysis) is 1. The summed E-state index contributed by atoms with van der Waals surface area (Å²) in [5.74, 6) is -1.41. The second-order valence-electron chi connectivity index (χ2n) is 13.2. The van der Waals surface area contributed by atoms with Crippen molar-refractivity contribution in [1.29, 1.82) is 0 Å². The van der Waals surface area contributed by atoms with Crippen LogP contribution in [0, 0.1) is 0 Å². The third kappa shape index (κ3) is 10.6. The summed E-state index contributed by atoms with van der Waals surface area (Å²) in [6, 6.07) is 21.1. The van der Waals surface area contributed by atoms with Crippen molar-refractivity contribution in [2.24, 2.45) is 0 Å². The highest BCUT2D eigenvalue weighted by Crippen LogP contribution is 2.26. The first-order chi connectivity index (χ1) is 22.6. The molecule has 4 amide bonds. The van der Waals surface area contributed by atoms with Crippen LogP contribution in [0.15, 0.2) is 85.2 Å². The number of benzene rings is 3. The van der Waals surface area contributed by atoms with Gasteiger partial charge in [0.25, 0.3) is 5.91 Å². The number of nitrogens with zero attached hydrogens (tertiary/aromatic N) is 3. The Balaban J connectivity index is 0.00000650. The summed E-state index contributed by atoms with van der Waals surface area (Å²) in [6.07, 6.45) is 2.23. The van der Waals surface area contributed by atoms with Gasteiger partial charge in [-0.3, -0.25) is 19.1 Å². The first-order valence-corrected chi connectivity index (χ1v) is 15.6. The van der Waals surface area contributed by atoms with E-state index < -0.39 is 41.1 Å². The van der Waals surface area contributed by atoms with E-state index in [2.05, 4.69) is 21.0 Å². The summed E-state index contributed by atoms with van der Waals surface area (Å²) in [6.45, 7) is 8.20. The van der Waals surface area contributed by atoms with Crippen molar-refractivity contribution in [3.63, 3.8) is 0 Å². The molecule has 0 bridgehead atoms. The smallest absolute Gasteiger partial charge is 0.408 e. The maximum absolute atomic E-state index is 13.6. The molecule has 0 spiro atoms. The van der Waals surface area contributed by atoms with Crippen LogP contribution in [0.4, 0.5) is 10.5 Å². The number of likely N-dealkylation sites (N-methyl/N-ethyl adjacent to an activating group) is 1. The van der Waals surface area contributed by atoms with Gasteiger partial charge in [-0.25, -0.2) is 4.79 Å². The Labute approximate surface area is 288 Å². The molecule has 0 aliphatic rings. The fraction of sp³-hybridized carbons (Fsp3) is 0.378. The van der Waals surface area contributed by atoms with Crippen LogP contribution in [0.3, 0.4) is 0 Å². The van der Waals surface area contributed by atoms with Gasteiger partial charge in [0.1, 0.15) is 17.2 Å². The van der Waals surface area contributed by atoms with Crippen LogP contribution in [0.1, 0.15) is 59.2 Å². The molecular weight excluding hydrogens is 624 g/mol. The predicted molar refractivity (Wildman–Crippen MR) is 190 cm³/mol. The SMILES string of the molecule is C.CN(C)C(=O)C(c1ccc2ccccc2c1)n1cc(NC(=O)[C@@H](COCc2ccccc2)NC(=O)C(C)(C)NC(=O)OC(C)(C)C)cn1. The number of rotatable bonds is 12.